The first-order valence-corrected chi connectivity index (χ1v) is 9.74. The topological polar surface area (TPSA) is 88.9 Å². The lowest BCUT2D eigenvalue weighted by Crippen LogP contribution is -3.12. The molecular weight excluding hydrogens is 370 g/mol. The van der Waals surface area contributed by atoms with Crippen LogP contribution in [-0.4, -0.2) is 24.9 Å². The molecule has 150 valence electrons. The van der Waals surface area contributed by atoms with Gasteiger partial charge in [0.1, 0.15) is 12.3 Å². The van der Waals surface area contributed by atoms with Crippen LogP contribution >= 0.6 is 0 Å². The van der Waals surface area contributed by atoms with Crippen LogP contribution in [0.1, 0.15) is 28.7 Å². The number of carbonyl (C=O) groups is 2. The molecule has 0 saturated heterocycles. The molecule has 2 amide bonds. The zero-order valence-corrected chi connectivity index (χ0v) is 16.0. The van der Waals surface area contributed by atoms with Crippen LogP contribution in [0.4, 0.5) is 0 Å². The van der Waals surface area contributed by atoms with Crippen molar-refractivity contribution < 1.29 is 23.3 Å². The Labute approximate surface area is 168 Å². The second-order valence-corrected chi connectivity index (χ2v) is 7.14. The maximum Gasteiger partial charge on any atom is 0.309 e. The molecule has 29 heavy (non-hydrogen) atoms. The summed E-state index contributed by atoms with van der Waals surface area (Å²) in [5.41, 5.74) is 2.68. The summed E-state index contributed by atoms with van der Waals surface area (Å²) in [6, 6.07) is 15.6. The maximum atomic E-state index is 12.3. The molecule has 3 N–H and O–H groups in total. The summed E-state index contributed by atoms with van der Waals surface area (Å²) in [4.78, 5) is 25.6. The zero-order chi connectivity index (χ0) is 20.1. The third-order valence-corrected chi connectivity index (χ3v) is 5.31. The highest BCUT2D eigenvalue weighted by atomic mass is 16.3. The van der Waals surface area contributed by atoms with E-state index in [9.17, 15) is 9.59 Å². The van der Waals surface area contributed by atoms with Crippen molar-refractivity contribution in [1.82, 2.24) is 10.6 Å². The molecule has 1 aliphatic rings. The SMILES string of the molecule is O=C(NCc1ccco1)C(=O)NC[C@@H](c1ccco1)[NH+]1CCc2ccccc2C1. The quantitative estimate of drug-likeness (QED) is 0.544. The lowest BCUT2D eigenvalue weighted by atomic mass is 9.98. The van der Waals surface area contributed by atoms with Crippen molar-refractivity contribution in [1.29, 1.82) is 0 Å². The first kappa shape index (κ1) is 19.0. The van der Waals surface area contributed by atoms with Crippen molar-refractivity contribution in [3.8, 4) is 0 Å². The number of rotatable bonds is 6. The summed E-state index contributed by atoms with van der Waals surface area (Å²) in [6.45, 7) is 2.28. The molecule has 3 aromatic rings. The molecule has 0 aliphatic carbocycles. The van der Waals surface area contributed by atoms with Crippen LogP contribution in [0.15, 0.2) is 69.9 Å². The molecule has 7 heteroatoms. The van der Waals surface area contributed by atoms with Gasteiger partial charge in [0.05, 0.1) is 32.2 Å². The largest absolute Gasteiger partial charge is 0.467 e. The minimum Gasteiger partial charge on any atom is -0.467 e. The number of amides is 2. The van der Waals surface area contributed by atoms with Gasteiger partial charge >= 0.3 is 11.8 Å². The molecule has 1 aliphatic heterocycles. The van der Waals surface area contributed by atoms with Crippen LogP contribution in [0.5, 0.6) is 0 Å². The Morgan fingerprint density at radius 3 is 2.45 bits per heavy atom. The van der Waals surface area contributed by atoms with Gasteiger partial charge in [-0.05, 0) is 29.8 Å². The lowest BCUT2D eigenvalue weighted by Gasteiger charge is -2.31. The maximum absolute atomic E-state index is 12.3. The van der Waals surface area contributed by atoms with Crippen molar-refractivity contribution >= 4 is 11.8 Å². The average molecular weight is 394 g/mol. The van der Waals surface area contributed by atoms with E-state index in [1.165, 1.54) is 22.3 Å². The predicted molar refractivity (Wildman–Crippen MR) is 105 cm³/mol. The molecule has 1 unspecified atom stereocenters. The fraction of sp³-hybridized carbons (Fsp3) is 0.273. The normalized spacial score (nSPS) is 16.6. The number of quaternary nitrogens is 1. The van der Waals surface area contributed by atoms with Crippen molar-refractivity contribution in [2.24, 2.45) is 0 Å². The van der Waals surface area contributed by atoms with Crippen LogP contribution in [0.2, 0.25) is 0 Å². The Hall–Kier alpha value is -3.32. The van der Waals surface area contributed by atoms with Gasteiger partial charge in [0.15, 0.2) is 11.8 Å². The summed E-state index contributed by atoms with van der Waals surface area (Å²) in [5, 5.41) is 5.32. The average Bonchev–Trinajstić information content (AvgIpc) is 3.46. The Bertz CT molecular complexity index is 950. The molecule has 0 spiro atoms. The summed E-state index contributed by atoms with van der Waals surface area (Å²) < 4.78 is 10.8. The van der Waals surface area contributed by atoms with Gasteiger partial charge in [-0.2, -0.15) is 0 Å². The standard InChI is InChI=1S/C22H23N3O4/c26-21(23-13-18-7-3-11-28-18)22(27)24-14-19(20-8-4-12-29-20)25-10-9-16-5-1-2-6-17(16)15-25/h1-8,11-12,19H,9-10,13-15H2,(H,23,26)(H,24,27)/p+1/t19-/m0/s1. The van der Waals surface area contributed by atoms with E-state index in [2.05, 4.69) is 34.9 Å². The fourth-order valence-corrected chi connectivity index (χ4v) is 3.77. The van der Waals surface area contributed by atoms with E-state index < -0.39 is 11.8 Å². The van der Waals surface area contributed by atoms with Gasteiger partial charge in [-0.1, -0.05) is 24.3 Å². The predicted octanol–water partition coefficient (Wildman–Crippen LogP) is 0.987. The zero-order valence-electron chi connectivity index (χ0n) is 16.0. The van der Waals surface area contributed by atoms with E-state index in [0.29, 0.717) is 12.3 Å². The number of fused-ring (bicyclic) bond motifs is 1. The summed E-state index contributed by atoms with van der Waals surface area (Å²) in [7, 11) is 0. The first-order valence-electron chi connectivity index (χ1n) is 9.74. The number of benzene rings is 1. The van der Waals surface area contributed by atoms with Gasteiger partial charge < -0.3 is 24.4 Å². The second-order valence-electron chi connectivity index (χ2n) is 7.14. The number of furan rings is 2. The molecule has 3 heterocycles. The van der Waals surface area contributed by atoms with E-state index in [1.807, 2.05) is 12.1 Å². The Balaban J connectivity index is 1.38. The third-order valence-electron chi connectivity index (χ3n) is 5.31. The molecule has 7 nitrogen and oxygen atoms in total. The van der Waals surface area contributed by atoms with E-state index in [4.69, 9.17) is 8.83 Å². The van der Waals surface area contributed by atoms with Gasteiger partial charge in [0.2, 0.25) is 0 Å². The number of carbonyl (C=O) groups excluding carboxylic acids is 2. The van der Waals surface area contributed by atoms with Crippen LogP contribution < -0.4 is 15.5 Å². The van der Waals surface area contributed by atoms with E-state index in [1.54, 1.807) is 18.4 Å². The van der Waals surface area contributed by atoms with Crippen LogP contribution in [-0.2, 0) is 29.1 Å². The van der Waals surface area contributed by atoms with Crippen molar-refractivity contribution in [3.63, 3.8) is 0 Å². The summed E-state index contributed by atoms with van der Waals surface area (Å²) in [6.07, 6.45) is 4.13. The Morgan fingerprint density at radius 2 is 1.69 bits per heavy atom. The molecule has 2 atom stereocenters. The number of hydrogen-bond acceptors (Lipinski definition) is 4. The molecule has 0 fully saturated rings. The lowest BCUT2D eigenvalue weighted by molar-refractivity contribution is -0.946. The minimum absolute atomic E-state index is 0.0693. The molecule has 2 aromatic heterocycles. The van der Waals surface area contributed by atoms with E-state index in [0.717, 1.165) is 25.3 Å². The number of hydrogen-bond donors (Lipinski definition) is 3. The fourth-order valence-electron chi connectivity index (χ4n) is 3.77. The van der Waals surface area contributed by atoms with Crippen molar-refractivity contribution in [2.75, 3.05) is 13.1 Å². The molecular formula is C22H24N3O4+. The van der Waals surface area contributed by atoms with Gasteiger partial charge in [0.25, 0.3) is 0 Å². The monoisotopic (exact) mass is 394 g/mol. The first-order chi connectivity index (χ1) is 14.2. The van der Waals surface area contributed by atoms with Crippen molar-refractivity contribution in [2.45, 2.75) is 25.6 Å². The number of nitrogens with one attached hydrogen (secondary N) is 3. The van der Waals surface area contributed by atoms with Gasteiger partial charge in [-0.25, -0.2) is 0 Å². The molecule has 0 radical (unpaired) electrons. The molecule has 0 bridgehead atoms. The highest BCUT2D eigenvalue weighted by Gasteiger charge is 2.31. The third kappa shape index (κ3) is 4.57. The summed E-state index contributed by atoms with van der Waals surface area (Å²) in [5.74, 6) is 0.0511. The van der Waals surface area contributed by atoms with Crippen LogP contribution in [0.3, 0.4) is 0 Å². The van der Waals surface area contributed by atoms with Crippen LogP contribution in [0.25, 0.3) is 0 Å². The second kappa shape index (κ2) is 8.79. The smallest absolute Gasteiger partial charge is 0.309 e. The minimum atomic E-state index is -0.682. The Kier molecular flexibility index (Phi) is 5.76. The van der Waals surface area contributed by atoms with Gasteiger partial charge in [0, 0.05) is 12.0 Å². The van der Waals surface area contributed by atoms with Crippen LogP contribution in [0, 0.1) is 0 Å². The van der Waals surface area contributed by atoms with Gasteiger partial charge in [-0.3, -0.25) is 9.59 Å². The molecule has 4 rings (SSSR count). The van der Waals surface area contributed by atoms with E-state index >= 15 is 0 Å². The molecule has 1 aromatic carbocycles. The molecule has 0 saturated carbocycles. The van der Waals surface area contributed by atoms with E-state index in [-0.39, 0.29) is 12.6 Å². The van der Waals surface area contributed by atoms with Crippen molar-refractivity contribution in [3.05, 3.63) is 83.7 Å². The highest BCUT2D eigenvalue weighted by Crippen LogP contribution is 2.15. The summed E-state index contributed by atoms with van der Waals surface area (Å²) >= 11 is 0. The highest BCUT2D eigenvalue weighted by molar-refractivity contribution is 6.35. The van der Waals surface area contributed by atoms with Gasteiger partial charge in [-0.15, -0.1) is 0 Å². The Morgan fingerprint density at radius 1 is 0.931 bits per heavy atom.